The number of rotatable bonds is 6. The summed E-state index contributed by atoms with van der Waals surface area (Å²) in [5.41, 5.74) is -0.291. The van der Waals surface area contributed by atoms with Crippen molar-refractivity contribution >= 4 is 17.6 Å². The number of hydrogen-bond acceptors (Lipinski definition) is 2. The zero-order chi connectivity index (χ0) is 13.8. The second-order valence-electron chi connectivity index (χ2n) is 4.20. The van der Waals surface area contributed by atoms with E-state index in [4.69, 9.17) is 11.6 Å². The minimum atomic E-state index is -0.962. The van der Waals surface area contributed by atoms with Crippen LogP contribution in [0, 0.1) is 5.82 Å². The van der Waals surface area contributed by atoms with Crippen LogP contribution in [0.25, 0.3) is 0 Å². The molecule has 0 saturated heterocycles. The highest BCUT2D eigenvalue weighted by Gasteiger charge is 2.33. The van der Waals surface area contributed by atoms with E-state index in [1.165, 1.54) is 12.1 Å². The van der Waals surface area contributed by atoms with Crippen LogP contribution in [0.3, 0.4) is 0 Å². The molecule has 1 aromatic carbocycles. The molecule has 0 saturated carbocycles. The molecule has 3 nitrogen and oxygen atoms in total. The summed E-state index contributed by atoms with van der Waals surface area (Å²) >= 11 is 5.59. The van der Waals surface area contributed by atoms with Crippen LogP contribution in [0.1, 0.15) is 32.3 Å². The van der Waals surface area contributed by atoms with E-state index in [0.29, 0.717) is 24.9 Å². The molecule has 2 N–H and O–H groups in total. The molecule has 0 atom stereocenters. The molecular formula is C13H17ClFNO2. The minimum absolute atomic E-state index is 0.0641. The molecule has 0 unspecified atom stereocenters. The van der Waals surface area contributed by atoms with Crippen molar-refractivity contribution in [1.82, 2.24) is 5.32 Å². The Morgan fingerprint density at radius 3 is 2.50 bits per heavy atom. The van der Waals surface area contributed by atoms with Crippen molar-refractivity contribution in [3.63, 3.8) is 0 Å². The van der Waals surface area contributed by atoms with Gasteiger partial charge in [-0.05, 0) is 30.5 Å². The van der Waals surface area contributed by atoms with Gasteiger partial charge in [0.25, 0.3) is 0 Å². The van der Waals surface area contributed by atoms with Crippen LogP contribution < -0.4 is 5.32 Å². The quantitative estimate of drug-likeness (QED) is 0.837. The van der Waals surface area contributed by atoms with Gasteiger partial charge in [0.15, 0.2) is 0 Å². The molecule has 0 aliphatic carbocycles. The van der Waals surface area contributed by atoms with E-state index < -0.39 is 17.3 Å². The monoisotopic (exact) mass is 273 g/mol. The van der Waals surface area contributed by atoms with Gasteiger partial charge in [-0.1, -0.05) is 31.5 Å². The van der Waals surface area contributed by atoms with E-state index in [9.17, 15) is 14.3 Å². The summed E-state index contributed by atoms with van der Waals surface area (Å²) < 4.78 is 13.2. The average Bonchev–Trinajstić information content (AvgIpc) is 2.35. The summed E-state index contributed by atoms with van der Waals surface area (Å²) in [6.07, 6.45) is 0.934. The molecule has 0 aliphatic heterocycles. The second kappa shape index (κ2) is 6.16. The van der Waals surface area contributed by atoms with Gasteiger partial charge in [0.1, 0.15) is 11.4 Å². The molecule has 1 aromatic rings. The number of hydrogen-bond donors (Lipinski definition) is 2. The largest absolute Gasteiger partial charge is 0.480 e. The minimum Gasteiger partial charge on any atom is -0.480 e. The molecule has 18 heavy (non-hydrogen) atoms. The molecule has 0 spiro atoms. The third-order valence-corrected chi connectivity index (χ3v) is 3.54. The summed E-state index contributed by atoms with van der Waals surface area (Å²) in [5, 5.41) is 12.3. The highest BCUT2D eigenvalue weighted by Crippen LogP contribution is 2.19. The first kappa shape index (κ1) is 14.9. The molecule has 0 radical (unpaired) electrons. The van der Waals surface area contributed by atoms with Gasteiger partial charge in [-0.15, -0.1) is 0 Å². The molecule has 5 heteroatoms. The van der Waals surface area contributed by atoms with Gasteiger partial charge in [0.05, 0.1) is 5.02 Å². The second-order valence-corrected chi connectivity index (χ2v) is 4.60. The number of carbonyl (C=O) groups is 1. The number of benzene rings is 1. The Hall–Kier alpha value is -1.13. The van der Waals surface area contributed by atoms with Crippen molar-refractivity contribution in [3.05, 3.63) is 34.6 Å². The Morgan fingerprint density at radius 2 is 2.06 bits per heavy atom. The molecule has 0 fully saturated rings. The van der Waals surface area contributed by atoms with Crippen molar-refractivity contribution in [2.24, 2.45) is 0 Å². The maximum absolute atomic E-state index is 13.2. The lowest BCUT2D eigenvalue weighted by Gasteiger charge is -2.28. The zero-order valence-electron chi connectivity index (χ0n) is 10.5. The first-order valence-corrected chi connectivity index (χ1v) is 6.25. The lowest BCUT2D eigenvalue weighted by atomic mass is 9.92. The van der Waals surface area contributed by atoms with Crippen LogP contribution in [-0.2, 0) is 11.3 Å². The smallest absolute Gasteiger partial charge is 0.323 e. The molecule has 0 bridgehead atoms. The molecule has 1 rings (SSSR count). The highest BCUT2D eigenvalue weighted by atomic mass is 35.5. The summed E-state index contributed by atoms with van der Waals surface area (Å²) in [4.78, 5) is 11.3. The first-order valence-electron chi connectivity index (χ1n) is 5.87. The van der Waals surface area contributed by atoms with Gasteiger partial charge >= 0.3 is 5.97 Å². The zero-order valence-corrected chi connectivity index (χ0v) is 11.2. The lowest BCUT2D eigenvalue weighted by molar-refractivity contribution is -0.145. The predicted molar refractivity (Wildman–Crippen MR) is 69.2 cm³/mol. The van der Waals surface area contributed by atoms with Gasteiger partial charge in [-0.25, -0.2) is 4.39 Å². The van der Waals surface area contributed by atoms with Gasteiger partial charge in [0.2, 0.25) is 0 Å². The molecular weight excluding hydrogens is 257 g/mol. The number of aliphatic carboxylic acids is 1. The predicted octanol–water partition coefficient (Wildman–Crippen LogP) is 3.21. The SMILES string of the molecule is CCC(CC)(NCc1ccc(Cl)c(F)c1)C(=O)O. The first-order chi connectivity index (χ1) is 8.45. The topological polar surface area (TPSA) is 49.3 Å². The van der Waals surface area contributed by atoms with Crippen molar-refractivity contribution in [2.75, 3.05) is 0 Å². The fourth-order valence-corrected chi connectivity index (χ4v) is 1.92. The fraction of sp³-hybridized carbons (Fsp3) is 0.462. The maximum Gasteiger partial charge on any atom is 0.323 e. The average molecular weight is 274 g/mol. The van der Waals surface area contributed by atoms with E-state index in [1.807, 2.05) is 13.8 Å². The van der Waals surface area contributed by atoms with Gasteiger partial charge in [-0.3, -0.25) is 10.1 Å². The number of halogens is 2. The number of nitrogens with one attached hydrogen (secondary N) is 1. The van der Waals surface area contributed by atoms with Crippen molar-refractivity contribution < 1.29 is 14.3 Å². The molecule has 100 valence electrons. The Labute approximate surface area is 111 Å². The van der Waals surface area contributed by atoms with E-state index in [-0.39, 0.29) is 5.02 Å². The van der Waals surface area contributed by atoms with Crippen LogP contribution in [0.5, 0.6) is 0 Å². The normalized spacial score (nSPS) is 11.6. The van der Waals surface area contributed by atoms with Crippen LogP contribution in [0.15, 0.2) is 18.2 Å². The number of carboxylic acids is 1. The molecule has 0 amide bonds. The molecule has 0 aliphatic rings. The van der Waals surface area contributed by atoms with Crippen molar-refractivity contribution in [2.45, 2.75) is 38.8 Å². The summed E-state index contributed by atoms with van der Waals surface area (Å²) in [7, 11) is 0. The van der Waals surface area contributed by atoms with E-state index in [1.54, 1.807) is 6.07 Å². The van der Waals surface area contributed by atoms with Crippen molar-refractivity contribution in [1.29, 1.82) is 0 Å². The summed E-state index contributed by atoms with van der Waals surface area (Å²) in [6, 6.07) is 4.46. The Bertz CT molecular complexity index is 433. The van der Waals surface area contributed by atoms with Crippen LogP contribution in [-0.4, -0.2) is 16.6 Å². The molecule has 0 heterocycles. The third kappa shape index (κ3) is 3.21. The maximum atomic E-state index is 13.2. The lowest BCUT2D eigenvalue weighted by Crippen LogP contribution is -2.50. The Kier molecular flexibility index (Phi) is 5.11. The fourth-order valence-electron chi connectivity index (χ4n) is 1.80. The Balaban J connectivity index is 2.79. The van der Waals surface area contributed by atoms with Crippen molar-refractivity contribution in [3.8, 4) is 0 Å². The Morgan fingerprint density at radius 1 is 1.44 bits per heavy atom. The summed E-state index contributed by atoms with van der Waals surface area (Å²) in [5.74, 6) is -1.38. The number of carboxylic acid groups (broad SMARTS) is 1. The van der Waals surface area contributed by atoms with E-state index in [2.05, 4.69) is 5.32 Å². The van der Waals surface area contributed by atoms with Gasteiger partial charge in [-0.2, -0.15) is 0 Å². The van der Waals surface area contributed by atoms with Crippen LogP contribution in [0.4, 0.5) is 4.39 Å². The molecule has 0 aromatic heterocycles. The summed E-state index contributed by atoms with van der Waals surface area (Å²) in [6.45, 7) is 3.92. The standard InChI is InChI=1S/C13H17ClFNO2/c1-3-13(4-2,12(17)18)16-8-9-5-6-10(14)11(15)7-9/h5-7,16H,3-4,8H2,1-2H3,(H,17,18). The highest BCUT2D eigenvalue weighted by molar-refractivity contribution is 6.30. The van der Waals surface area contributed by atoms with Crippen LogP contribution >= 0.6 is 11.6 Å². The third-order valence-electron chi connectivity index (χ3n) is 3.23. The van der Waals surface area contributed by atoms with Crippen LogP contribution in [0.2, 0.25) is 5.02 Å². The van der Waals surface area contributed by atoms with E-state index in [0.717, 1.165) is 0 Å². The van der Waals surface area contributed by atoms with Gasteiger partial charge < -0.3 is 5.11 Å². The van der Waals surface area contributed by atoms with E-state index >= 15 is 0 Å². The van der Waals surface area contributed by atoms with Gasteiger partial charge in [0, 0.05) is 6.54 Å².